The number of aryl methyl sites for hydroxylation is 1. The molecule has 20 heavy (non-hydrogen) atoms. The van der Waals surface area contributed by atoms with Crippen molar-refractivity contribution in [1.82, 2.24) is 9.97 Å². The van der Waals surface area contributed by atoms with Gasteiger partial charge >= 0.3 is 0 Å². The van der Waals surface area contributed by atoms with E-state index in [4.69, 9.17) is 4.74 Å². The number of imidazole rings is 1. The van der Waals surface area contributed by atoms with Crippen LogP contribution >= 0.6 is 0 Å². The Bertz CT molecular complexity index is 830. The molecule has 3 aromatic rings. The van der Waals surface area contributed by atoms with Crippen LogP contribution in [0.3, 0.4) is 0 Å². The SMILES string of the molecule is Cc1ccc2nc(C3=Cc4ccccc4OC3)[nH]c2c1. The number of rotatable bonds is 1. The Morgan fingerprint density at radius 1 is 1.15 bits per heavy atom. The second-order valence-corrected chi connectivity index (χ2v) is 5.10. The van der Waals surface area contributed by atoms with Crippen LogP contribution in [0, 0.1) is 6.92 Å². The summed E-state index contributed by atoms with van der Waals surface area (Å²) in [5.41, 5.74) is 5.47. The van der Waals surface area contributed by atoms with Gasteiger partial charge in [-0.3, -0.25) is 0 Å². The molecule has 4 rings (SSSR count). The van der Waals surface area contributed by atoms with Gasteiger partial charge in [0.2, 0.25) is 0 Å². The van der Waals surface area contributed by atoms with Crippen LogP contribution in [-0.2, 0) is 0 Å². The fourth-order valence-electron chi connectivity index (χ4n) is 2.53. The second kappa shape index (κ2) is 4.23. The van der Waals surface area contributed by atoms with Crippen molar-refractivity contribution in [3.63, 3.8) is 0 Å². The quantitative estimate of drug-likeness (QED) is 0.724. The Hall–Kier alpha value is -2.55. The molecule has 0 radical (unpaired) electrons. The summed E-state index contributed by atoms with van der Waals surface area (Å²) < 4.78 is 5.78. The van der Waals surface area contributed by atoms with E-state index in [1.54, 1.807) is 0 Å². The van der Waals surface area contributed by atoms with E-state index in [-0.39, 0.29) is 0 Å². The van der Waals surface area contributed by atoms with Gasteiger partial charge in [0.25, 0.3) is 0 Å². The standard InChI is InChI=1S/C17H14N2O/c1-11-6-7-14-15(8-11)19-17(18-14)13-9-12-4-2-3-5-16(12)20-10-13/h2-9H,10H2,1H3,(H,18,19). The summed E-state index contributed by atoms with van der Waals surface area (Å²) in [7, 11) is 0. The maximum atomic E-state index is 5.78. The Balaban J connectivity index is 1.82. The number of hydrogen-bond donors (Lipinski definition) is 1. The summed E-state index contributed by atoms with van der Waals surface area (Å²) in [6.45, 7) is 2.63. The number of aromatic nitrogens is 2. The molecule has 1 aliphatic heterocycles. The van der Waals surface area contributed by atoms with Crippen molar-refractivity contribution >= 4 is 22.7 Å². The van der Waals surface area contributed by atoms with E-state index in [2.05, 4.69) is 41.2 Å². The lowest BCUT2D eigenvalue weighted by Crippen LogP contribution is -2.07. The number of aromatic amines is 1. The normalized spacial score (nSPS) is 13.8. The molecule has 3 heteroatoms. The zero-order valence-electron chi connectivity index (χ0n) is 11.2. The zero-order chi connectivity index (χ0) is 13.5. The first kappa shape index (κ1) is 11.3. The summed E-state index contributed by atoms with van der Waals surface area (Å²) in [5.74, 6) is 1.82. The Morgan fingerprint density at radius 3 is 3.00 bits per heavy atom. The van der Waals surface area contributed by atoms with Gasteiger partial charge in [-0.15, -0.1) is 0 Å². The third-order valence-corrected chi connectivity index (χ3v) is 3.57. The monoisotopic (exact) mass is 262 g/mol. The van der Waals surface area contributed by atoms with Crippen LogP contribution in [0.15, 0.2) is 42.5 Å². The van der Waals surface area contributed by atoms with Crippen molar-refractivity contribution in [3.05, 3.63) is 59.4 Å². The highest BCUT2D eigenvalue weighted by Gasteiger charge is 2.15. The summed E-state index contributed by atoms with van der Waals surface area (Å²) >= 11 is 0. The first-order chi connectivity index (χ1) is 9.79. The second-order valence-electron chi connectivity index (χ2n) is 5.10. The highest BCUT2D eigenvalue weighted by molar-refractivity contribution is 5.87. The molecule has 3 nitrogen and oxygen atoms in total. The van der Waals surface area contributed by atoms with Crippen molar-refractivity contribution in [1.29, 1.82) is 0 Å². The minimum absolute atomic E-state index is 0.551. The first-order valence-corrected chi connectivity index (χ1v) is 6.69. The van der Waals surface area contributed by atoms with E-state index in [0.717, 1.165) is 33.7 Å². The van der Waals surface area contributed by atoms with Crippen molar-refractivity contribution in [3.8, 4) is 5.75 Å². The number of hydrogen-bond acceptors (Lipinski definition) is 2. The molecule has 0 spiro atoms. The van der Waals surface area contributed by atoms with Crippen LogP contribution < -0.4 is 4.74 Å². The number of H-pyrrole nitrogens is 1. The van der Waals surface area contributed by atoms with Gasteiger partial charge < -0.3 is 9.72 Å². The molecule has 0 saturated carbocycles. The molecular weight excluding hydrogens is 248 g/mol. The van der Waals surface area contributed by atoms with E-state index in [1.165, 1.54) is 5.56 Å². The van der Waals surface area contributed by atoms with Crippen LogP contribution in [0.1, 0.15) is 17.0 Å². The summed E-state index contributed by atoms with van der Waals surface area (Å²) in [5, 5.41) is 0. The lowest BCUT2D eigenvalue weighted by atomic mass is 10.1. The number of nitrogens with zero attached hydrogens (tertiary/aromatic N) is 1. The zero-order valence-corrected chi connectivity index (χ0v) is 11.2. The van der Waals surface area contributed by atoms with E-state index in [9.17, 15) is 0 Å². The molecule has 1 aliphatic rings. The molecule has 1 aromatic heterocycles. The number of ether oxygens (including phenoxy) is 1. The van der Waals surface area contributed by atoms with Crippen molar-refractivity contribution in [2.75, 3.05) is 6.61 Å². The summed E-state index contributed by atoms with van der Waals surface area (Å²) in [6.07, 6.45) is 2.14. The maximum Gasteiger partial charge on any atom is 0.137 e. The fraction of sp³-hybridized carbons (Fsp3) is 0.118. The molecule has 0 fully saturated rings. The van der Waals surface area contributed by atoms with E-state index in [0.29, 0.717) is 6.61 Å². The van der Waals surface area contributed by atoms with Gasteiger partial charge in [-0.25, -0.2) is 4.98 Å². The molecule has 0 aliphatic carbocycles. The van der Waals surface area contributed by atoms with Gasteiger partial charge in [-0.05, 0) is 36.8 Å². The fourth-order valence-corrected chi connectivity index (χ4v) is 2.53. The summed E-state index contributed by atoms with van der Waals surface area (Å²) in [4.78, 5) is 8.02. The van der Waals surface area contributed by atoms with Gasteiger partial charge in [0.15, 0.2) is 0 Å². The molecule has 2 heterocycles. The lowest BCUT2D eigenvalue weighted by molar-refractivity contribution is 0.365. The molecule has 0 unspecified atom stereocenters. The van der Waals surface area contributed by atoms with Crippen LogP contribution in [0.4, 0.5) is 0 Å². The molecule has 2 aromatic carbocycles. The minimum atomic E-state index is 0.551. The van der Waals surface area contributed by atoms with Crippen molar-refractivity contribution in [2.24, 2.45) is 0 Å². The van der Waals surface area contributed by atoms with Crippen molar-refractivity contribution in [2.45, 2.75) is 6.92 Å². The topological polar surface area (TPSA) is 37.9 Å². The Morgan fingerprint density at radius 2 is 2.05 bits per heavy atom. The molecule has 1 N–H and O–H groups in total. The van der Waals surface area contributed by atoms with Gasteiger partial charge in [-0.2, -0.15) is 0 Å². The van der Waals surface area contributed by atoms with Gasteiger partial charge in [0.1, 0.15) is 18.2 Å². The highest BCUT2D eigenvalue weighted by atomic mass is 16.5. The molecular formula is C17H14N2O. The minimum Gasteiger partial charge on any atom is -0.488 e. The van der Waals surface area contributed by atoms with Crippen LogP contribution in [0.25, 0.3) is 22.7 Å². The number of benzene rings is 2. The number of para-hydroxylation sites is 1. The third-order valence-electron chi connectivity index (χ3n) is 3.57. The predicted octanol–water partition coefficient (Wildman–Crippen LogP) is 3.80. The Kier molecular flexibility index (Phi) is 2.39. The molecule has 0 bridgehead atoms. The van der Waals surface area contributed by atoms with Gasteiger partial charge in [0, 0.05) is 11.1 Å². The number of nitrogens with one attached hydrogen (secondary N) is 1. The maximum absolute atomic E-state index is 5.78. The van der Waals surface area contributed by atoms with Crippen LogP contribution in [0.5, 0.6) is 5.75 Å². The lowest BCUT2D eigenvalue weighted by Gasteiger charge is -2.16. The molecule has 0 atom stereocenters. The highest BCUT2D eigenvalue weighted by Crippen LogP contribution is 2.29. The average molecular weight is 262 g/mol. The van der Waals surface area contributed by atoms with E-state index >= 15 is 0 Å². The molecule has 0 saturated heterocycles. The Labute approximate surface area is 116 Å². The number of fused-ring (bicyclic) bond motifs is 2. The average Bonchev–Trinajstić information content (AvgIpc) is 2.89. The molecule has 98 valence electrons. The first-order valence-electron chi connectivity index (χ1n) is 6.69. The van der Waals surface area contributed by atoms with Crippen LogP contribution in [0.2, 0.25) is 0 Å². The summed E-state index contributed by atoms with van der Waals surface area (Å²) in [6, 6.07) is 14.3. The predicted molar refractivity (Wildman–Crippen MR) is 80.6 cm³/mol. The third kappa shape index (κ3) is 1.79. The van der Waals surface area contributed by atoms with Crippen molar-refractivity contribution < 1.29 is 4.74 Å². The smallest absolute Gasteiger partial charge is 0.137 e. The van der Waals surface area contributed by atoms with E-state index < -0.39 is 0 Å². The van der Waals surface area contributed by atoms with E-state index in [1.807, 2.05) is 24.3 Å². The molecule has 0 amide bonds. The van der Waals surface area contributed by atoms with Crippen LogP contribution in [-0.4, -0.2) is 16.6 Å². The van der Waals surface area contributed by atoms with Gasteiger partial charge in [-0.1, -0.05) is 24.3 Å². The van der Waals surface area contributed by atoms with Gasteiger partial charge in [0.05, 0.1) is 11.0 Å². The largest absolute Gasteiger partial charge is 0.488 e.